The van der Waals surface area contributed by atoms with Gasteiger partial charge in [0.15, 0.2) is 5.78 Å². The van der Waals surface area contributed by atoms with Crippen LogP contribution in [0.1, 0.15) is 37.3 Å². The molecule has 2 aromatic rings. The van der Waals surface area contributed by atoms with Crippen molar-refractivity contribution in [3.63, 3.8) is 0 Å². The van der Waals surface area contributed by atoms with E-state index in [9.17, 15) is 9.59 Å². The first kappa shape index (κ1) is 20.2. The van der Waals surface area contributed by atoms with E-state index in [0.717, 1.165) is 0 Å². The molecule has 0 unspecified atom stereocenters. The highest BCUT2D eigenvalue weighted by Gasteiger charge is 2.28. The Labute approximate surface area is 166 Å². The number of hydrogen-bond donors (Lipinski definition) is 1. The van der Waals surface area contributed by atoms with Crippen LogP contribution in [-0.2, 0) is 14.4 Å². The summed E-state index contributed by atoms with van der Waals surface area (Å²) in [5.41, 5.74) is 7.97. The number of benzene rings is 2. The van der Waals surface area contributed by atoms with Gasteiger partial charge in [-0.1, -0.05) is 62.4 Å². The fourth-order valence-electron chi connectivity index (χ4n) is 3.51. The van der Waals surface area contributed by atoms with Crippen LogP contribution in [0.15, 0.2) is 48.5 Å². The Hall–Kier alpha value is -2.50. The molecule has 0 saturated carbocycles. The monoisotopic (exact) mass is 380 g/mol. The van der Waals surface area contributed by atoms with E-state index in [1.54, 1.807) is 7.05 Å². The van der Waals surface area contributed by atoms with Crippen LogP contribution < -0.4 is 5.48 Å². The van der Waals surface area contributed by atoms with Crippen LogP contribution >= 0.6 is 0 Å². The summed E-state index contributed by atoms with van der Waals surface area (Å²) in [5.74, 6) is 0.121. The van der Waals surface area contributed by atoms with E-state index in [-0.39, 0.29) is 30.1 Å². The fourth-order valence-corrected chi connectivity index (χ4v) is 3.51. The normalized spacial score (nSPS) is 12.7. The molecule has 3 rings (SSSR count). The Morgan fingerprint density at radius 1 is 1.04 bits per heavy atom. The summed E-state index contributed by atoms with van der Waals surface area (Å²) in [4.78, 5) is 31.0. The summed E-state index contributed by atoms with van der Waals surface area (Å²) in [5, 5.41) is 0. The van der Waals surface area contributed by atoms with Crippen LogP contribution in [0.5, 0.6) is 0 Å². The number of carbonyl (C=O) groups excluding carboxylic acids is 2. The van der Waals surface area contributed by atoms with Crippen molar-refractivity contribution in [3.05, 3.63) is 59.7 Å². The van der Waals surface area contributed by atoms with Gasteiger partial charge in [-0.25, -0.2) is 5.48 Å². The molecule has 1 aliphatic rings. The van der Waals surface area contributed by atoms with E-state index in [4.69, 9.17) is 4.84 Å². The van der Waals surface area contributed by atoms with E-state index in [0.29, 0.717) is 19.6 Å². The Morgan fingerprint density at radius 3 is 2.18 bits per heavy atom. The number of hydrogen-bond acceptors (Lipinski definition) is 4. The number of amides is 1. The molecule has 1 aliphatic carbocycles. The molecule has 0 radical (unpaired) electrons. The number of carbonyl (C=O) groups is 2. The van der Waals surface area contributed by atoms with Crippen LogP contribution in [-0.4, -0.2) is 43.3 Å². The third-order valence-electron chi connectivity index (χ3n) is 5.22. The van der Waals surface area contributed by atoms with Gasteiger partial charge in [0.25, 0.3) is 0 Å². The van der Waals surface area contributed by atoms with Gasteiger partial charge in [-0.3, -0.25) is 9.59 Å². The van der Waals surface area contributed by atoms with E-state index < -0.39 is 0 Å². The average molecular weight is 380 g/mol. The van der Waals surface area contributed by atoms with E-state index in [2.05, 4.69) is 54.0 Å². The van der Waals surface area contributed by atoms with Gasteiger partial charge >= 0.3 is 0 Å². The van der Waals surface area contributed by atoms with Crippen LogP contribution in [0.3, 0.4) is 0 Å². The molecule has 0 spiro atoms. The largest absolute Gasteiger partial charge is 0.338 e. The van der Waals surface area contributed by atoms with Gasteiger partial charge < -0.3 is 9.74 Å². The number of fused-ring (bicyclic) bond motifs is 3. The Balaban J connectivity index is 1.47. The second-order valence-corrected chi connectivity index (χ2v) is 7.55. The van der Waals surface area contributed by atoms with E-state index in [1.165, 1.54) is 27.2 Å². The predicted octanol–water partition coefficient (Wildman–Crippen LogP) is 3.39. The molecule has 28 heavy (non-hydrogen) atoms. The molecule has 1 amide bonds. The SMILES string of the molecule is CC(C)C(=O)CN(C)C(=O)CCNOCC1c2ccccc2-c2ccccc21. The maximum Gasteiger partial charge on any atom is 0.224 e. The third-order valence-corrected chi connectivity index (χ3v) is 5.22. The predicted molar refractivity (Wildman–Crippen MR) is 110 cm³/mol. The first-order valence-electron chi connectivity index (χ1n) is 9.78. The third kappa shape index (κ3) is 4.49. The van der Waals surface area contributed by atoms with Crippen molar-refractivity contribution in [1.82, 2.24) is 10.4 Å². The number of likely N-dealkylation sites (N-methyl/N-ethyl adjacent to an activating group) is 1. The minimum atomic E-state index is -0.0679. The molecular weight excluding hydrogens is 352 g/mol. The number of hydroxylamine groups is 1. The molecule has 0 fully saturated rings. The van der Waals surface area contributed by atoms with Gasteiger partial charge in [0.05, 0.1) is 13.2 Å². The topological polar surface area (TPSA) is 58.6 Å². The van der Waals surface area contributed by atoms with Crippen LogP contribution in [0.2, 0.25) is 0 Å². The lowest BCUT2D eigenvalue weighted by molar-refractivity contribution is -0.135. The van der Waals surface area contributed by atoms with Gasteiger partial charge in [0.2, 0.25) is 5.91 Å². The summed E-state index contributed by atoms with van der Waals surface area (Å²) >= 11 is 0. The Bertz CT molecular complexity index is 802. The van der Waals surface area contributed by atoms with Gasteiger partial charge in [0, 0.05) is 31.8 Å². The second kappa shape index (κ2) is 9.13. The number of rotatable bonds is 9. The van der Waals surface area contributed by atoms with Crippen molar-refractivity contribution in [3.8, 4) is 11.1 Å². The lowest BCUT2D eigenvalue weighted by Gasteiger charge is -2.18. The summed E-state index contributed by atoms with van der Waals surface area (Å²) in [6.45, 7) is 4.76. The van der Waals surface area contributed by atoms with E-state index in [1.807, 2.05) is 13.8 Å². The summed E-state index contributed by atoms with van der Waals surface area (Å²) in [6, 6.07) is 16.8. The van der Waals surface area contributed by atoms with Crippen LogP contribution in [0.25, 0.3) is 11.1 Å². The smallest absolute Gasteiger partial charge is 0.224 e. The molecule has 0 saturated heterocycles. The maximum atomic E-state index is 12.1. The number of nitrogens with zero attached hydrogens (tertiary/aromatic N) is 1. The van der Waals surface area contributed by atoms with Crippen molar-refractivity contribution in [2.75, 3.05) is 26.7 Å². The minimum Gasteiger partial charge on any atom is -0.338 e. The minimum absolute atomic E-state index is 0.0612. The second-order valence-electron chi connectivity index (χ2n) is 7.55. The zero-order valence-electron chi connectivity index (χ0n) is 16.8. The van der Waals surface area contributed by atoms with Gasteiger partial charge in [-0.15, -0.1) is 0 Å². The highest BCUT2D eigenvalue weighted by molar-refractivity contribution is 5.87. The molecule has 0 bridgehead atoms. The molecule has 148 valence electrons. The Kier molecular flexibility index (Phi) is 6.60. The zero-order valence-corrected chi connectivity index (χ0v) is 16.8. The van der Waals surface area contributed by atoms with Crippen molar-refractivity contribution >= 4 is 11.7 Å². The molecule has 1 N–H and O–H groups in total. The average Bonchev–Trinajstić information content (AvgIpc) is 3.01. The number of ketones is 1. The van der Waals surface area contributed by atoms with Crippen LogP contribution in [0.4, 0.5) is 0 Å². The molecule has 2 aromatic carbocycles. The highest BCUT2D eigenvalue weighted by atomic mass is 16.6. The molecule has 5 nitrogen and oxygen atoms in total. The first-order valence-corrected chi connectivity index (χ1v) is 9.78. The molecule has 0 aliphatic heterocycles. The zero-order chi connectivity index (χ0) is 20.1. The highest BCUT2D eigenvalue weighted by Crippen LogP contribution is 2.44. The van der Waals surface area contributed by atoms with Crippen molar-refractivity contribution in [2.24, 2.45) is 5.92 Å². The lowest BCUT2D eigenvalue weighted by Crippen LogP contribution is -2.35. The van der Waals surface area contributed by atoms with Gasteiger partial charge in [-0.05, 0) is 22.3 Å². The fraction of sp³-hybridized carbons (Fsp3) is 0.391. The maximum absolute atomic E-state index is 12.1. The molecular formula is C23H28N2O3. The Morgan fingerprint density at radius 2 is 1.61 bits per heavy atom. The standard InChI is InChI=1S/C23H28N2O3/c1-16(2)22(26)14-25(3)23(27)12-13-24-28-15-21-19-10-6-4-8-17(19)18-9-5-7-11-20(18)21/h4-11,16,21,24H,12-15H2,1-3H3. The quantitative estimate of drug-likeness (QED) is 0.535. The summed E-state index contributed by atoms with van der Waals surface area (Å²) < 4.78 is 0. The van der Waals surface area contributed by atoms with Crippen molar-refractivity contribution in [1.29, 1.82) is 0 Å². The molecule has 0 heterocycles. The van der Waals surface area contributed by atoms with E-state index >= 15 is 0 Å². The summed E-state index contributed by atoms with van der Waals surface area (Å²) in [7, 11) is 1.66. The van der Waals surface area contributed by atoms with Crippen molar-refractivity contribution < 1.29 is 14.4 Å². The molecule has 0 aromatic heterocycles. The van der Waals surface area contributed by atoms with Crippen molar-refractivity contribution in [2.45, 2.75) is 26.2 Å². The number of Topliss-reactive ketones (excluding diaryl/α,β-unsaturated/α-hetero) is 1. The number of nitrogens with one attached hydrogen (secondary N) is 1. The van der Waals surface area contributed by atoms with Gasteiger partial charge in [-0.2, -0.15) is 0 Å². The van der Waals surface area contributed by atoms with Crippen LogP contribution in [0, 0.1) is 5.92 Å². The first-order chi connectivity index (χ1) is 13.5. The molecule has 5 heteroatoms. The lowest BCUT2D eigenvalue weighted by atomic mass is 9.98. The van der Waals surface area contributed by atoms with Gasteiger partial charge in [0.1, 0.15) is 0 Å². The summed E-state index contributed by atoms with van der Waals surface area (Å²) in [6.07, 6.45) is 0.291. The molecule has 0 atom stereocenters.